The number of nitrogens with zero attached hydrogens (tertiary/aromatic N) is 4. The molecule has 2 aromatic heterocycles. The molecule has 0 aliphatic heterocycles. The molecular weight excluding hydrogens is 540 g/mol. The molecule has 13 heteroatoms. The highest BCUT2D eigenvalue weighted by Crippen LogP contribution is 2.32. The first kappa shape index (κ1) is 27.1. The molecule has 1 fully saturated rings. The van der Waals surface area contributed by atoms with Crippen molar-refractivity contribution < 1.29 is 23.0 Å². The predicted octanol–water partition coefficient (Wildman–Crippen LogP) is 4.29. The monoisotopic (exact) mass is 565 g/mol. The molecule has 1 saturated carbocycles. The second-order valence-electron chi connectivity index (χ2n) is 8.97. The maximum Gasteiger partial charge on any atom is 0.183 e. The van der Waals surface area contributed by atoms with E-state index in [0.717, 1.165) is 19.0 Å². The van der Waals surface area contributed by atoms with Crippen LogP contribution >= 0.6 is 0 Å². The van der Waals surface area contributed by atoms with Crippen LogP contribution in [-0.2, 0) is 24.5 Å². The summed E-state index contributed by atoms with van der Waals surface area (Å²) in [5, 5.41) is 17.2. The third kappa shape index (κ3) is 6.74. The molecule has 206 valence electrons. The normalized spacial score (nSPS) is 14.7. The van der Waals surface area contributed by atoms with Crippen molar-refractivity contribution in [1.29, 1.82) is 0 Å². The molecule has 0 radical (unpaired) electrons. The van der Waals surface area contributed by atoms with E-state index >= 15 is 0 Å². The number of anilines is 2. The van der Waals surface area contributed by atoms with Crippen LogP contribution in [0.15, 0.2) is 76.6 Å². The van der Waals surface area contributed by atoms with E-state index in [0.29, 0.717) is 28.2 Å². The Labute approximate surface area is 231 Å². The van der Waals surface area contributed by atoms with Gasteiger partial charge in [-0.2, -0.15) is 0 Å². The molecule has 5 rings (SSSR count). The minimum atomic E-state index is -1.24. The molecule has 2 heterocycles. The van der Waals surface area contributed by atoms with Crippen molar-refractivity contribution in [2.24, 2.45) is 10.7 Å². The first-order valence-corrected chi connectivity index (χ1v) is 13.5. The highest BCUT2D eigenvalue weighted by molar-refractivity contribution is 7.93. The quantitative estimate of drug-likeness (QED) is 0.118. The predicted molar refractivity (Wildman–Crippen MR) is 148 cm³/mol. The summed E-state index contributed by atoms with van der Waals surface area (Å²) in [6.45, 7) is 0.151. The molecule has 40 heavy (non-hydrogen) atoms. The van der Waals surface area contributed by atoms with E-state index in [1.54, 1.807) is 36.4 Å². The topological polar surface area (TPSA) is 158 Å². The molecule has 0 saturated heterocycles. The highest BCUT2D eigenvalue weighted by atomic mass is 32.2. The zero-order chi connectivity index (χ0) is 28.1. The number of benzene rings is 2. The smallest absolute Gasteiger partial charge is 0.183 e. The second kappa shape index (κ2) is 12.1. The number of nitrogens with two attached hydrogens (primary N) is 1. The van der Waals surface area contributed by atoms with Crippen LogP contribution in [0.5, 0.6) is 5.75 Å². The Kier molecular flexibility index (Phi) is 8.22. The number of aromatic nitrogens is 3. The van der Waals surface area contributed by atoms with E-state index in [9.17, 15) is 18.4 Å². The maximum absolute atomic E-state index is 14.5. The van der Waals surface area contributed by atoms with Crippen molar-refractivity contribution in [3.05, 3.63) is 101 Å². The molecule has 10 nitrogen and oxygen atoms in total. The van der Waals surface area contributed by atoms with Gasteiger partial charge >= 0.3 is 0 Å². The summed E-state index contributed by atoms with van der Waals surface area (Å²) in [6, 6.07) is 12.6. The van der Waals surface area contributed by atoms with Gasteiger partial charge < -0.3 is 25.2 Å². The van der Waals surface area contributed by atoms with E-state index in [1.807, 2.05) is 0 Å². The molecule has 2 aromatic carbocycles. The van der Waals surface area contributed by atoms with Gasteiger partial charge in [0.15, 0.2) is 17.5 Å². The van der Waals surface area contributed by atoms with Gasteiger partial charge in [0.25, 0.3) is 0 Å². The third-order valence-corrected chi connectivity index (χ3v) is 7.43. The van der Waals surface area contributed by atoms with Crippen LogP contribution in [0.2, 0.25) is 0 Å². The summed E-state index contributed by atoms with van der Waals surface area (Å²) in [7, 11) is 0. The van der Waals surface area contributed by atoms with Crippen LogP contribution in [0.1, 0.15) is 35.5 Å². The van der Waals surface area contributed by atoms with Crippen molar-refractivity contribution in [2.75, 3.05) is 10.0 Å². The number of halogens is 2. The van der Waals surface area contributed by atoms with Crippen molar-refractivity contribution in [3.8, 4) is 5.75 Å². The molecule has 1 unspecified atom stereocenters. The number of allylic oxidation sites excluding steroid dienone is 1. The number of hydrogen-bond donors (Lipinski definition) is 4. The lowest BCUT2D eigenvalue weighted by atomic mass is 10.2. The van der Waals surface area contributed by atoms with Gasteiger partial charge in [-0.3, -0.25) is 4.99 Å². The number of phenols is 1. The van der Waals surface area contributed by atoms with Gasteiger partial charge in [0, 0.05) is 31.0 Å². The zero-order valence-electron chi connectivity index (χ0n) is 21.1. The Morgan fingerprint density at radius 1 is 1.20 bits per heavy atom. The Balaban J connectivity index is 1.31. The lowest BCUT2D eigenvalue weighted by Crippen LogP contribution is -2.17. The van der Waals surface area contributed by atoms with Gasteiger partial charge in [0.05, 0.1) is 35.5 Å². The summed E-state index contributed by atoms with van der Waals surface area (Å²) >= 11 is -1.24. The largest absolute Gasteiger partial charge is 0.593 e. The van der Waals surface area contributed by atoms with E-state index < -0.39 is 23.0 Å². The van der Waals surface area contributed by atoms with Gasteiger partial charge in [0.1, 0.15) is 34.5 Å². The molecule has 5 N–H and O–H groups in total. The fraction of sp³-hybridized carbons (Fsp3) is 0.185. The first-order valence-electron chi connectivity index (χ1n) is 12.3. The van der Waals surface area contributed by atoms with E-state index in [4.69, 9.17) is 10.3 Å². The number of hydrogen-bond acceptors (Lipinski definition) is 10. The molecule has 1 aliphatic rings. The zero-order valence-corrected chi connectivity index (χ0v) is 21.9. The van der Waals surface area contributed by atoms with Crippen LogP contribution in [0.3, 0.4) is 0 Å². The number of nitrogens with one attached hydrogen (secondary N) is 2. The van der Waals surface area contributed by atoms with Gasteiger partial charge in [-0.05, 0) is 29.8 Å². The summed E-state index contributed by atoms with van der Waals surface area (Å²) in [4.78, 5) is 12.6. The van der Waals surface area contributed by atoms with Gasteiger partial charge in [0.2, 0.25) is 0 Å². The summed E-state index contributed by atoms with van der Waals surface area (Å²) in [5.74, 6) is -1.25. The van der Waals surface area contributed by atoms with Crippen LogP contribution in [0.25, 0.3) is 5.70 Å². The SMILES string of the molecule is NC(=CC(=NCc1ccccc1F)c1ccon1)c1ncc(F)c(NCc2ccc(N[S+]([O-])C3CC3)c(O)c2)n1. The Bertz CT molecular complexity index is 1550. The fourth-order valence-electron chi connectivity index (χ4n) is 3.62. The Morgan fingerprint density at radius 2 is 2.02 bits per heavy atom. The van der Waals surface area contributed by atoms with Crippen LogP contribution in [0, 0.1) is 11.6 Å². The van der Waals surface area contributed by atoms with Crippen molar-refractivity contribution >= 4 is 34.3 Å². The highest BCUT2D eigenvalue weighted by Gasteiger charge is 2.35. The molecular formula is C27H25F2N7O3S. The number of aromatic hydroxyl groups is 1. The fourth-order valence-corrected chi connectivity index (χ4v) is 4.74. The summed E-state index contributed by atoms with van der Waals surface area (Å²) < 4.78 is 48.4. The summed E-state index contributed by atoms with van der Waals surface area (Å²) in [6.07, 6.45) is 5.59. The summed E-state index contributed by atoms with van der Waals surface area (Å²) in [5.41, 5.74) is 8.34. The maximum atomic E-state index is 14.5. The average Bonchev–Trinajstić information content (AvgIpc) is 3.66. The van der Waals surface area contributed by atoms with Crippen molar-refractivity contribution in [2.45, 2.75) is 31.2 Å². The molecule has 1 aliphatic carbocycles. The van der Waals surface area contributed by atoms with Crippen LogP contribution < -0.4 is 15.8 Å². The van der Waals surface area contributed by atoms with E-state index in [2.05, 4.69) is 30.2 Å². The van der Waals surface area contributed by atoms with Crippen LogP contribution in [0.4, 0.5) is 20.3 Å². The molecule has 0 bridgehead atoms. The number of phenolic OH excluding ortho intramolecular Hbond substituents is 1. The number of rotatable bonds is 11. The molecule has 0 amide bonds. The first-order chi connectivity index (χ1) is 19.4. The van der Waals surface area contributed by atoms with E-state index in [-0.39, 0.29) is 41.4 Å². The van der Waals surface area contributed by atoms with E-state index in [1.165, 1.54) is 24.5 Å². The standard InChI is InChI=1S/C27H25F2N7O3S/c28-19-4-2-1-3-17(19)14-31-24(22-9-10-39-35-22)12-21(30)27-33-15-20(29)26(34-27)32-13-16-5-8-23(25(37)11-16)36-40(38)18-6-7-18/h1-5,8-12,15,18,36-37H,6-7,13-14,30H2,(H,32,33,34). The number of aliphatic imine (C=N–C) groups is 1. The van der Waals surface area contributed by atoms with Gasteiger partial charge in [-0.15, -0.1) is 0 Å². The third-order valence-electron chi connectivity index (χ3n) is 5.93. The second-order valence-corrected chi connectivity index (χ2v) is 10.4. The molecule has 4 aromatic rings. The van der Waals surface area contributed by atoms with Crippen molar-refractivity contribution in [3.63, 3.8) is 0 Å². The van der Waals surface area contributed by atoms with Crippen LogP contribution in [-0.4, -0.2) is 35.7 Å². The van der Waals surface area contributed by atoms with Gasteiger partial charge in [-0.25, -0.2) is 23.5 Å². The Morgan fingerprint density at radius 3 is 2.75 bits per heavy atom. The Hall–Kier alpha value is -4.49. The lowest BCUT2D eigenvalue weighted by Gasteiger charge is -2.13. The minimum Gasteiger partial charge on any atom is -0.593 e. The van der Waals surface area contributed by atoms with Gasteiger partial charge in [-0.1, -0.05) is 29.4 Å². The minimum absolute atomic E-state index is 0.0212. The lowest BCUT2D eigenvalue weighted by molar-refractivity contribution is 0.418. The average molecular weight is 566 g/mol. The molecule has 1 atom stereocenters. The van der Waals surface area contributed by atoms with Crippen molar-refractivity contribution in [1.82, 2.24) is 15.1 Å². The molecule has 0 spiro atoms.